The van der Waals surface area contributed by atoms with Crippen LogP contribution in [0.2, 0.25) is 0 Å². The van der Waals surface area contributed by atoms with Gasteiger partial charge in [0.2, 0.25) is 0 Å². The number of aromatic nitrogens is 2. The first-order chi connectivity index (χ1) is 16.4. The van der Waals surface area contributed by atoms with Crippen LogP contribution in [-0.2, 0) is 4.79 Å². The number of nitrogens with zero attached hydrogens (tertiary/aromatic N) is 2. The number of anilines is 1. The van der Waals surface area contributed by atoms with Crippen LogP contribution in [0.15, 0.2) is 69.9 Å². The zero-order valence-corrected chi connectivity index (χ0v) is 20.9. The van der Waals surface area contributed by atoms with Crippen molar-refractivity contribution in [2.24, 2.45) is 0 Å². The minimum atomic E-state index is -0.246. The molecule has 0 aliphatic rings. The van der Waals surface area contributed by atoms with Gasteiger partial charge in [0.25, 0.3) is 11.5 Å². The summed E-state index contributed by atoms with van der Waals surface area (Å²) >= 11 is 4.84. The van der Waals surface area contributed by atoms with E-state index >= 15 is 0 Å². The van der Waals surface area contributed by atoms with E-state index in [4.69, 9.17) is 4.74 Å². The Balaban J connectivity index is 1.28. The van der Waals surface area contributed by atoms with Crippen LogP contribution in [-0.4, -0.2) is 21.9 Å². The predicted octanol–water partition coefficient (Wildman–Crippen LogP) is 4.85. The summed E-state index contributed by atoms with van der Waals surface area (Å²) in [5, 5.41) is 2.86. The Hall–Kier alpha value is -3.49. The molecule has 34 heavy (non-hydrogen) atoms. The fourth-order valence-corrected chi connectivity index (χ4v) is 5.18. The standard InChI is InChI=1S/C26H20BrN3O3S/c1-15-11-19(27)21(12-16(15)2)28-24(31)14-33-18-9-7-17(8-10-18)13-23-25(32)30-22-6-4-3-5-20(22)29-26(30)34-23/h3-13H,14H2,1-2H3,(H,28,31)/b23-13+. The van der Waals surface area contributed by atoms with Crippen LogP contribution in [0.1, 0.15) is 16.7 Å². The van der Waals surface area contributed by atoms with Crippen LogP contribution in [0.3, 0.4) is 0 Å². The van der Waals surface area contributed by atoms with E-state index in [-0.39, 0.29) is 18.1 Å². The van der Waals surface area contributed by atoms with Gasteiger partial charge in [0.15, 0.2) is 11.6 Å². The van der Waals surface area contributed by atoms with Gasteiger partial charge in [0.1, 0.15) is 5.75 Å². The molecule has 3 aromatic carbocycles. The molecule has 170 valence electrons. The molecule has 2 heterocycles. The molecular weight excluding hydrogens is 514 g/mol. The topological polar surface area (TPSA) is 72.7 Å². The SMILES string of the molecule is Cc1cc(Br)c(NC(=O)COc2ccc(/C=c3/sc4nc5ccccc5n4c3=O)cc2)cc1C. The summed E-state index contributed by atoms with van der Waals surface area (Å²) in [6.45, 7) is 3.91. The van der Waals surface area contributed by atoms with Gasteiger partial charge in [-0.3, -0.25) is 9.59 Å². The number of fused-ring (bicyclic) bond motifs is 3. The smallest absolute Gasteiger partial charge is 0.274 e. The van der Waals surface area contributed by atoms with Crippen LogP contribution in [0, 0.1) is 13.8 Å². The first kappa shape index (κ1) is 22.3. The molecule has 1 amide bonds. The lowest BCUT2D eigenvalue weighted by molar-refractivity contribution is -0.118. The average molecular weight is 534 g/mol. The fourth-order valence-electron chi connectivity index (χ4n) is 3.64. The van der Waals surface area contributed by atoms with Gasteiger partial charge < -0.3 is 10.1 Å². The lowest BCUT2D eigenvalue weighted by Crippen LogP contribution is -2.22. The summed E-state index contributed by atoms with van der Waals surface area (Å²) in [6.07, 6.45) is 1.84. The second-order valence-electron chi connectivity index (χ2n) is 7.96. The number of imidazole rings is 1. The number of amides is 1. The van der Waals surface area contributed by atoms with Crippen molar-refractivity contribution in [2.75, 3.05) is 11.9 Å². The Bertz CT molecular complexity index is 1660. The normalized spacial score (nSPS) is 11.9. The molecule has 0 saturated heterocycles. The van der Waals surface area contributed by atoms with Crippen molar-refractivity contribution in [3.8, 4) is 5.75 Å². The number of carbonyl (C=O) groups excluding carboxylic acids is 1. The number of ether oxygens (including phenoxy) is 1. The number of thiazole rings is 1. The lowest BCUT2D eigenvalue weighted by Gasteiger charge is -2.11. The molecule has 0 saturated carbocycles. The van der Waals surface area contributed by atoms with Crippen molar-refractivity contribution >= 4 is 60.9 Å². The highest BCUT2D eigenvalue weighted by Gasteiger charge is 2.11. The monoisotopic (exact) mass is 533 g/mol. The number of aryl methyl sites for hydroxylation is 2. The Morgan fingerprint density at radius 2 is 1.85 bits per heavy atom. The molecule has 1 N–H and O–H groups in total. The van der Waals surface area contributed by atoms with Gasteiger partial charge >= 0.3 is 0 Å². The van der Waals surface area contributed by atoms with Crippen LogP contribution in [0.4, 0.5) is 5.69 Å². The van der Waals surface area contributed by atoms with E-state index < -0.39 is 0 Å². The molecule has 0 fully saturated rings. The summed E-state index contributed by atoms with van der Waals surface area (Å²) in [7, 11) is 0. The molecule has 5 aromatic rings. The summed E-state index contributed by atoms with van der Waals surface area (Å²) < 4.78 is 8.72. The molecule has 2 aromatic heterocycles. The first-order valence-electron chi connectivity index (χ1n) is 10.6. The highest BCUT2D eigenvalue weighted by molar-refractivity contribution is 9.10. The highest BCUT2D eigenvalue weighted by atomic mass is 79.9. The van der Waals surface area contributed by atoms with Crippen LogP contribution >= 0.6 is 27.3 Å². The van der Waals surface area contributed by atoms with E-state index in [2.05, 4.69) is 26.2 Å². The van der Waals surface area contributed by atoms with Gasteiger partial charge in [-0.05, 0) is 88.9 Å². The fraction of sp³-hybridized carbons (Fsp3) is 0.115. The second kappa shape index (κ2) is 9.04. The molecule has 0 bridgehead atoms. The third kappa shape index (κ3) is 4.34. The number of para-hydroxylation sites is 2. The lowest BCUT2D eigenvalue weighted by atomic mass is 10.1. The van der Waals surface area contributed by atoms with Gasteiger partial charge in [0, 0.05) is 4.47 Å². The molecule has 0 aliphatic heterocycles. The number of hydrogen-bond acceptors (Lipinski definition) is 5. The van der Waals surface area contributed by atoms with Crippen molar-refractivity contribution in [3.05, 3.63) is 96.7 Å². The van der Waals surface area contributed by atoms with E-state index in [1.54, 1.807) is 16.5 Å². The van der Waals surface area contributed by atoms with Crippen molar-refractivity contribution in [2.45, 2.75) is 13.8 Å². The van der Waals surface area contributed by atoms with Crippen molar-refractivity contribution < 1.29 is 9.53 Å². The van der Waals surface area contributed by atoms with E-state index in [0.29, 0.717) is 20.9 Å². The number of hydrogen-bond donors (Lipinski definition) is 1. The third-order valence-electron chi connectivity index (χ3n) is 5.55. The maximum atomic E-state index is 12.9. The minimum Gasteiger partial charge on any atom is -0.484 e. The zero-order valence-electron chi connectivity index (χ0n) is 18.5. The van der Waals surface area contributed by atoms with E-state index in [9.17, 15) is 9.59 Å². The van der Waals surface area contributed by atoms with Gasteiger partial charge in [0.05, 0.1) is 21.3 Å². The number of carbonyl (C=O) groups is 1. The Kier molecular flexibility index (Phi) is 5.93. The third-order valence-corrected chi connectivity index (χ3v) is 7.18. The largest absolute Gasteiger partial charge is 0.484 e. The summed E-state index contributed by atoms with van der Waals surface area (Å²) in [6, 6.07) is 18.8. The molecule has 8 heteroatoms. The highest BCUT2D eigenvalue weighted by Crippen LogP contribution is 2.26. The summed E-state index contributed by atoms with van der Waals surface area (Å²) in [5.74, 6) is 0.325. The molecule has 0 atom stereocenters. The number of nitrogens with one attached hydrogen (secondary N) is 1. The molecule has 6 nitrogen and oxygen atoms in total. The maximum Gasteiger partial charge on any atom is 0.274 e. The quantitative estimate of drug-likeness (QED) is 0.350. The Morgan fingerprint density at radius 1 is 1.12 bits per heavy atom. The Labute approximate surface area is 207 Å². The summed E-state index contributed by atoms with van der Waals surface area (Å²) in [5.41, 5.74) is 5.36. The molecule has 0 unspecified atom stereocenters. The zero-order chi connectivity index (χ0) is 23.8. The van der Waals surface area contributed by atoms with Crippen molar-refractivity contribution in [1.82, 2.24) is 9.38 Å². The van der Waals surface area contributed by atoms with E-state index in [1.165, 1.54) is 11.3 Å². The maximum absolute atomic E-state index is 12.9. The van der Waals surface area contributed by atoms with E-state index in [0.717, 1.165) is 32.2 Å². The van der Waals surface area contributed by atoms with E-state index in [1.807, 2.05) is 68.5 Å². The molecular formula is C26H20BrN3O3S. The van der Waals surface area contributed by atoms with Gasteiger partial charge in [-0.2, -0.15) is 0 Å². The van der Waals surface area contributed by atoms with Crippen LogP contribution < -0.4 is 20.1 Å². The molecule has 0 aliphatic carbocycles. The molecule has 5 rings (SSSR count). The van der Waals surface area contributed by atoms with Crippen LogP contribution in [0.25, 0.3) is 22.1 Å². The van der Waals surface area contributed by atoms with Crippen molar-refractivity contribution in [3.63, 3.8) is 0 Å². The number of halogens is 1. The Morgan fingerprint density at radius 3 is 2.65 bits per heavy atom. The number of rotatable bonds is 5. The van der Waals surface area contributed by atoms with Gasteiger partial charge in [-0.15, -0.1) is 0 Å². The minimum absolute atomic E-state index is 0.0804. The predicted molar refractivity (Wildman–Crippen MR) is 140 cm³/mol. The average Bonchev–Trinajstić information content (AvgIpc) is 3.33. The summed E-state index contributed by atoms with van der Waals surface area (Å²) in [4.78, 5) is 30.4. The molecule has 0 spiro atoms. The van der Waals surface area contributed by atoms with Crippen LogP contribution in [0.5, 0.6) is 5.75 Å². The molecule has 0 radical (unpaired) electrons. The first-order valence-corrected chi connectivity index (χ1v) is 12.2. The number of benzene rings is 3. The van der Waals surface area contributed by atoms with Gasteiger partial charge in [-0.25, -0.2) is 9.38 Å². The second-order valence-corrected chi connectivity index (χ2v) is 9.82. The van der Waals surface area contributed by atoms with Crippen molar-refractivity contribution in [1.29, 1.82) is 0 Å². The van der Waals surface area contributed by atoms with Gasteiger partial charge in [-0.1, -0.05) is 35.6 Å².